The summed E-state index contributed by atoms with van der Waals surface area (Å²) in [5.74, 6) is -8.15. The topological polar surface area (TPSA) is 389 Å². The maximum atomic E-state index is 14.8. The molecule has 1 aliphatic heterocycles. The molecular weight excluding hydrogens is 1110 g/mol. The molecule has 26 heteroatoms. The Balaban J connectivity index is 1.57. The fourth-order valence-corrected chi connectivity index (χ4v) is 10.7. The normalized spacial score (nSPS) is 20.8. The molecule has 0 radical (unpaired) electrons. The molecule has 1 fully saturated rings. The van der Waals surface area contributed by atoms with Gasteiger partial charge >= 0.3 is 0 Å². The minimum Gasteiger partial charge on any atom is -0.508 e. The van der Waals surface area contributed by atoms with E-state index in [1.54, 1.807) is 48.5 Å². The molecule has 81 heavy (non-hydrogen) atoms. The fourth-order valence-electron chi connectivity index (χ4n) is 8.25. The lowest BCUT2D eigenvalue weighted by molar-refractivity contribution is -0.136. The van der Waals surface area contributed by atoms with Crippen LogP contribution in [0.25, 0.3) is 0 Å². The standard InChI is InChI=1S/C55H70ClN11O12S2/c1-30(68)47-55(79)66-46(53(77)62-42(48(59)72)24-34-12-18-38(70)19-13-34)29-81-80-28-45(65-49(73)40(58)23-32-10-16-37(56)17-11-32)54(78)64-44(26-35-14-20-39(71)21-15-35)52(76)63-43(25-33-6-8-36(9-7-33)27-60-31(2)69)51(75)61-41(50(74)67-47)5-3-4-22-57/h6-21,30,40-47,68,70-71H,3-5,22-29,57-58H2,1-2H3,(H2,59,72)(H,60,69)(H,61,75)(H,62,77)(H,63,76)(H,64,78)(H,65,73)(H,66,79)(H,67,74)/t30-,40+,41+,42-,43-,44+,45-,46+,47+/m1/s1. The van der Waals surface area contributed by atoms with Gasteiger partial charge < -0.3 is 75.1 Å². The molecule has 5 rings (SSSR count). The van der Waals surface area contributed by atoms with Crippen LogP contribution in [0.2, 0.25) is 5.02 Å². The summed E-state index contributed by atoms with van der Waals surface area (Å²) in [6, 6.07) is 13.4. The first kappa shape index (κ1) is 64.4. The number of hydrogen-bond donors (Lipinski definition) is 14. The Bertz CT molecular complexity index is 2800. The van der Waals surface area contributed by atoms with Gasteiger partial charge in [0.05, 0.1) is 12.1 Å². The van der Waals surface area contributed by atoms with Gasteiger partial charge in [-0.25, -0.2) is 0 Å². The lowest BCUT2D eigenvalue weighted by atomic mass is 10.00. The maximum absolute atomic E-state index is 14.8. The maximum Gasteiger partial charge on any atom is 0.245 e. The van der Waals surface area contributed by atoms with Crippen LogP contribution in [0.4, 0.5) is 0 Å². The quantitative estimate of drug-likeness (QED) is 0.0401. The summed E-state index contributed by atoms with van der Waals surface area (Å²) in [5, 5.41) is 52.6. The van der Waals surface area contributed by atoms with Crippen molar-refractivity contribution in [2.75, 3.05) is 18.1 Å². The number of aliphatic hydroxyl groups is 1. The highest BCUT2D eigenvalue weighted by Crippen LogP contribution is 2.24. The molecule has 0 unspecified atom stereocenters. The third-order valence-electron chi connectivity index (χ3n) is 12.8. The summed E-state index contributed by atoms with van der Waals surface area (Å²) < 4.78 is 0. The van der Waals surface area contributed by atoms with E-state index in [1.807, 2.05) is 0 Å². The number of unbranched alkanes of at least 4 members (excludes halogenated alkanes) is 1. The first-order valence-electron chi connectivity index (χ1n) is 26.0. The Morgan fingerprint density at radius 2 is 1.15 bits per heavy atom. The number of phenols is 2. The van der Waals surface area contributed by atoms with Gasteiger partial charge in [-0.2, -0.15) is 0 Å². The van der Waals surface area contributed by atoms with E-state index in [0.29, 0.717) is 40.1 Å². The molecule has 1 aliphatic rings. The Labute approximate surface area is 481 Å². The molecule has 4 aromatic rings. The molecule has 436 valence electrons. The van der Waals surface area contributed by atoms with Gasteiger partial charge in [-0.15, -0.1) is 0 Å². The summed E-state index contributed by atoms with van der Waals surface area (Å²) in [6.45, 7) is 3.01. The highest BCUT2D eigenvalue weighted by Gasteiger charge is 2.36. The third-order valence-corrected chi connectivity index (χ3v) is 15.5. The van der Waals surface area contributed by atoms with Crippen LogP contribution in [0.1, 0.15) is 60.9 Å². The van der Waals surface area contributed by atoms with Gasteiger partial charge in [0.2, 0.25) is 53.2 Å². The van der Waals surface area contributed by atoms with E-state index < -0.39 is 102 Å². The summed E-state index contributed by atoms with van der Waals surface area (Å²) in [4.78, 5) is 125. The van der Waals surface area contributed by atoms with Crippen LogP contribution < -0.4 is 59.7 Å². The molecule has 17 N–H and O–H groups in total. The number of benzene rings is 4. The first-order chi connectivity index (χ1) is 38.6. The Kier molecular flexibility index (Phi) is 25.5. The van der Waals surface area contributed by atoms with Crippen molar-refractivity contribution >= 4 is 86.4 Å². The number of aromatic hydroxyl groups is 2. The third kappa shape index (κ3) is 21.5. The van der Waals surface area contributed by atoms with Crippen molar-refractivity contribution in [1.82, 2.24) is 42.5 Å². The molecule has 0 aromatic heterocycles. The average Bonchev–Trinajstić information content (AvgIpc) is 3.44. The van der Waals surface area contributed by atoms with Crippen molar-refractivity contribution in [2.45, 2.75) is 120 Å². The van der Waals surface area contributed by atoms with Gasteiger partial charge in [-0.05, 0) is 103 Å². The molecule has 1 heterocycles. The average molecular weight is 1180 g/mol. The Morgan fingerprint density at radius 1 is 0.654 bits per heavy atom. The van der Waals surface area contributed by atoms with Crippen molar-refractivity contribution in [3.8, 4) is 11.5 Å². The van der Waals surface area contributed by atoms with Crippen molar-refractivity contribution in [3.63, 3.8) is 0 Å². The molecular formula is C55H70ClN11O12S2. The van der Waals surface area contributed by atoms with Crippen LogP contribution in [0.5, 0.6) is 11.5 Å². The van der Waals surface area contributed by atoms with Gasteiger partial charge in [0.1, 0.15) is 53.8 Å². The number of carbonyl (C=O) groups excluding carboxylic acids is 9. The summed E-state index contributed by atoms with van der Waals surface area (Å²) >= 11 is 6.08. The number of carbonyl (C=O) groups is 9. The molecule has 0 saturated carbocycles. The SMILES string of the molecule is CC(=O)NCc1ccc(C[C@H]2NC(=O)[C@H](Cc3ccc(O)cc3)NC(=O)[C@H](NC(=O)[C@@H](N)Cc3ccc(Cl)cc3)CSSC[C@@H](C(=O)N[C@H](Cc3ccc(O)cc3)C(N)=O)NC(=O)[C@H]([C@@H](C)O)NC(=O)[C@H](CCCCN)NC2=O)cc1. The Morgan fingerprint density at radius 3 is 1.70 bits per heavy atom. The van der Waals surface area contributed by atoms with Crippen LogP contribution >= 0.6 is 33.2 Å². The molecule has 23 nitrogen and oxygen atoms in total. The minimum absolute atomic E-state index is 0.0317. The number of aliphatic hydroxyl groups excluding tert-OH is 1. The van der Waals surface area contributed by atoms with E-state index in [-0.39, 0.29) is 74.1 Å². The van der Waals surface area contributed by atoms with Gasteiger partial charge in [0, 0.05) is 49.3 Å². The number of primary amides is 1. The Hall–Kier alpha value is -7.42. The van der Waals surface area contributed by atoms with Crippen LogP contribution in [0.15, 0.2) is 97.1 Å². The highest BCUT2D eigenvalue weighted by molar-refractivity contribution is 8.76. The van der Waals surface area contributed by atoms with Crippen molar-refractivity contribution in [1.29, 1.82) is 0 Å². The monoisotopic (exact) mass is 1180 g/mol. The predicted octanol–water partition coefficient (Wildman–Crippen LogP) is -0.231. The molecule has 9 amide bonds. The molecule has 9 atom stereocenters. The van der Waals surface area contributed by atoms with Crippen LogP contribution in [0.3, 0.4) is 0 Å². The lowest BCUT2D eigenvalue weighted by Gasteiger charge is -2.29. The number of amides is 9. The molecule has 1 saturated heterocycles. The summed E-state index contributed by atoms with van der Waals surface area (Å²) in [5.41, 5.74) is 20.8. The number of rotatable bonds is 20. The largest absolute Gasteiger partial charge is 0.508 e. The molecule has 0 aliphatic carbocycles. The molecule has 0 bridgehead atoms. The summed E-state index contributed by atoms with van der Waals surface area (Å²) in [6.07, 6.45) is -1.42. The van der Waals surface area contributed by atoms with Crippen molar-refractivity contribution in [3.05, 3.63) is 130 Å². The second kappa shape index (κ2) is 32.1. The minimum atomic E-state index is -1.75. The number of hydrogen-bond acceptors (Lipinski definition) is 16. The van der Waals surface area contributed by atoms with Crippen LogP contribution in [-0.2, 0) is 75.4 Å². The predicted molar refractivity (Wildman–Crippen MR) is 307 cm³/mol. The number of nitrogens with one attached hydrogen (secondary N) is 8. The summed E-state index contributed by atoms with van der Waals surface area (Å²) in [7, 11) is 1.92. The zero-order valence-corrected chi connectivity index (χ0v) is 47.0. The van der Waals surface area contributed by atoms with Gasteiger partial charge in [0.25, 0.3) is 0 Å². The second-order valence-electron chi connectivity index (χ2n) is 19.5. The second-order valence-corrected chi connectivity index (χ2v) is 22.4. The number of nitrogens with two attached hydrogens (primary N) is 3. The number of halogens is 1. The lowest BCUT2D eigenvalue weighted by Crippen LogP contribution is -2.62. The van der Waals surface area contributed by atoms with Gasteiger partial charge in [0.15, 0.2) is 0 Å². The van der Waals surface area contributed by atoms with Crippen LogP contribution in [-0.4, -0.2) is 141 Å². The zero-order valence-electron chi connectivity index (χ0n) is 44.7. The zero-order chi connectivity index (χ0) is 59.2. The van der Waals surface area contributed by atoms with E-state index >= 15 is 0 Å². The van der Waals surface area contributed by atoms with Crippen LogP contribution in [0, 0.1) is 0 Å². The van der Waals surface area contributed by atoms with Crippen molar-refractivity contribution < 1.29 is 58.5 Å². The van der Waals surface area contributed by atoms with E-state index in [9.17, 15) is 58.5 Å². The van der Waals surface area contributed by atoms with E-state index in [0.717, 1.165) is 27.2 Å². The van der Waals surface area contributed by atoms with Gasteiger partial charge in [-0.1, -0.05) is 93.9 Å². The van der Waals surface area contributed by atoms with E-state index in [4.69, 9.17) is 28.8 Å². The van der Waals surface area contributed by atoms with E-state index in [2.05, 4.69) is 42.5 Å². The fraction of sp³-hybridized carbons (Fsp3) is 0.400. The van der Waals surface area contributed by atoms with Crippen molar-refractivity contribution in [2.24, 2.45) is 17.2 Å². The highest BCUT2D eigenvalue weighted by atomic mass is 35.5. The number of phenolic OH excluding ortho intramolecular Hbond substituents is 2. The smallest absolute Gasteiger partial charge is 0.245 e. The molecule has 0 spiro atoms. The van der Waals surface area contributed by atoms with E-state index in [1.165, 1.54) is 62.4 Å². The first-order valence-corrected chi connectivity index (χ1v) is 28.9. The van der Waals surface area contributed by atoms with Gasteiger partial charge in [-0.3, -0.25) is 43.2 Å². The molecule has 4 aromatic carbocycles.